The first-order valence-electron chi connectivity index (χ1n) is 6.31. The molecule has 1 rings (SSSR count). The van der Waals surface area contributed by atoms with Crippen molar-refractivity contribution in [3.63, 3.8) is 0 Å². The molecule has 0 amide bonds. The molecule has 1 aromatic carbocycles. The Labute approximate surface area is 133 Å². The van der Waals surface area contributed by atoms with Crippen molar-refractivity contribution in [3.05, 3.63) is 35.9 Å². The minimum atomic E-state index is 0. The summed E-state index contributed by atoms with van der Waals surface area (Å²) in [5, 5.41) is 3.28. The van der Waals surface area contributed by atoms with Gasteiger partial charge in [-0.2, -0.15) is 0 Å². The van der Waals surface area contributed by atoms with Gasteiger partial charge in [0.25, 0.3) is 0 Å². The van der Waals surface area contributed by atoms with Gasteiger partial charge in [0, 0.05) is 27.2 Å². The zero-order chi connectivity index (χ0) is 13.2. The van der Waals surface area contributed by atoms with Crippen LogP contribution >= 0.6 is 24.0 Å². The van der Waals surface area contributed by atoms with Gasteiger partial charge in [0.15, 0.2) is 5.96 Å². The molecule has 5 heteroatoms. The zero-order valence-electron chi connectivity index (χ0n) is 11.9. The minimum absolute atomic E-state index is 0. The van der Waals surface area contributed by atoms with E-state index in [9.17, 15) is 0 Å². The molecule has 0 aliphatic rings. The minimum Gasteiger partial charge on any atom is -0.380 e. The first-order chi connectivity index (χ1) is 8.74. The number of ether oxygens (including phenoxy) is 1. The molecule has 0 saturated heterocycles. The third kappa shape index (κ3) is 8.05. The first-order valence-corrected chi connectivity index (χ1v) is 6.31. The molecule has 19 heavy (non-hydrogen) atoms. The lowest BCUT2D eigenvalue weighted by Crippen LogP contribution is -2.38. The molecule has 0 aliphatic carbocycles. The molecule has 0 atom stereocenters. The summed E-state index contributed by atoms with van der Waals surface area (Å²) in [6.07, 6.45) is 0. The highest BCUT2D eigenvalue weighted by atomic mass is 127. The van der Waals surface area contributed by atoms with Crippen molar-refractivity contribution in [2.45, 2.75) is 13.5 Å². The Hall–Kier alpha value is -0.820. The smallest absolute Gasteiger partial charge is 0.193 e. The maximum Gasteiger partial charge on any atom is 0.193 e. The number of aliphatic imine (C=N–C) groups is 1. The van der Waals surface area contributed by atoms with Crippen molar-refractivity contribution >= 4 is 29.9 Å². The van der Waals surface area contributed by atoms with E-state index >= 15 is 0 Å². The van der Waals surface area contributed by atoms with Gasteiger partial charge in [0.2, 0.25) is 0 Å². The van der Waals surface area contributed by atoms with Gasteiger partial charge in [-0.1, -0.05) is 30.3 Å². The van der Waals surface area contributed by atoms with Crippen LogP contribution in [0, 0.1) is 0 Å². The van der Waals surface area contributed by atoms with Crippen molar-refractivity contribution in [1.82, 2.24) is 10.2 Å². The average molecular weight is 377 g/mol. The molecule has 108 valence electrons. The normalized spacial score (nSPS) is 10.8. The van der Waals surface area contributed by atoms with Gasteiger partial charge in [-0.15, -0.1) is 24.0 Å². The Morgan fingerprint density at radius 1 is 1.26 bits per heavy atom. The summed E-state index contributed by atoms with van der Waals surface area (Å²) in [5.74, 6) is 0.888. The second-order valence-corrected chi connectivity index (χ2v) is 4.14. The molecule has 0 fully saturated rings. The molecule has 0 spiro atoms. The fourth-order valence-corrected chi connectivity index (χ4v) is 1.48. The average Bonchev–Trinajstić information content (AvgIpc) is 2.38. The van der Waals surface area contributed by atoms with Crippen molar-refractivity contribution < 1.29 is 4.74 Å². The summed E-state index contributed by atoms with van der Waals surface area (Å²) in [4.78, 5) is 6.55. The van der Waals surface area contributed by atoms with Crippen LogP contribution in [0.1, 0.15) is 12.5 Å². The quantitative estimate of drug-likeness (QED) is 0.358. The number of halogens is 1. The summed E-state index contributed by atoms with van der Waals surface area (Å²) in [7, 11) is 3.97. The molecule has 0 saturated carbocycles. The highest BCUT2D eigenvalue weighted by Gasteiger charge is 2.00. The van der Waals surface area contributed by atoms with Crippen LogP contribution in [-0.2, 0) is 11.3 Å². The molecule has 1 N–H and O–H groups in total. The highest BCUT2D eigenvalue weighted by molar-refractivity contribution is 14.0. The number of benzene rings is 1. The lowest BCUT2D eigenvalue weighted by molar-refractivity contribution is 0.152. The maximum atomic E-state index is 5.29. The fourth-order valence-electron chi connectivity index (χ4n) is 1.48. The zero-order valence-corrected chi connectivity index (χ0v) is 14.3. The van der Waals surface area contributed by atoms with E-state index in [4.69, 9.17) is 4.74 Å². The standard InChI is InChI=1S/C14H23N3O.HI/c1-4-18-11-10-15-14(17(2)3)16-12-13-8-6-5-7-9-13;/h5-9H,4,10-12H2,1-3H3,(H,15,16);1H. The lowest BCUT2D eigenvalue weighted by Gasteiger charge is -2.17. The molecule has 0 aromatic heterocycles. The molecule has 4 nitrogen and oxygen atoms in total. The number of hydrogen-bond donors (Lipinski definition) is 1. The summed E-state index contributed by atoms with van der Waals surface area (Å²) in [6.45, 7) is 4.92. The van der Waals surface area contributed by atoms with Gasteiger partial charge >= 0.3 is 0 Å². The van der Waals surface area contributed by atoms with E-state index in [2.05, 4.69) is 22.4 Å². The van der Waals surface area contributed by atoms with Crippen LogP contribution in [0.15, 0.2) is 35.3 Å². The van der Waals surface area contributed by atoms with Crippen molar-refractivity contribution in [2.24, 2.45) is 4.99 Å². The predicted octanol–water partition coefficient (Wildman–Crippen LogP) is 2.35. The molecular formula is C14H24IN3O. The Kier molecular flexibility index (Phi) is 10.6. The Morgan fingerprint density at radius 3 is 2.53 bits per heavy atom. The van der Waals surface area contributed by atoms with Crippen LogP contribution in [-0.4, -0.2) is 44.7 Å². The van der Waals surface area contributed by atoms with E-state index in [1.54, 1.807) is 0 Å². The van der Waals surface area contributed by atoms with E-state index < -0.39 is 0 Å². The van der Waals surface area contributed by atoms with E-state index in [-0.39, 0.29) is 24.0 Å². The molecule has 0 unspecified atom stereocenters. The largest absolute Gasteiger partial charge is 0.380 e. The fraction of sp³-hybridized carbons (Fsp3) is 0.500. The number of guanidine groups is 1. The van der Waals surface area contributed by atoms with Crippen LogP contribution in [0.2, 0.25) is 0 Å². The molecule has 0 heterocycles. The van der Waals surface area contributed by atoms with Crippen molar-refractivity contribution in [3.8, 4) is 0 Å². The summed E-state index contributed by atoms with van der Waals surface area (Å²) in [6, 6.07) is 10.2. The second-order valence-electron chi connectivity index (χ2n) is 4.14. The van der Waals surface area contributed by atoms with Crippen molar-refractivity contribution in [2.75, 3.05) is 33.9 Å². The number of rotatable bonds is 6. The molecular weight excluding hydrogens is 353 g/mol. The number of hydrogen-bond acceptors (Lipinski definition) is 2. The Bertz CT molecular complexity index is 355. The molecule has 0 aliphatic heterocycles. The molecule has 0 bridgehead atoms. The van der Waals surface area contributed by atoms with E-state index in [0.717, 1.165) is 19.1 Å². The SMILES string of the molecule is CCOCCNC(=NCc1ccccc1)N(C)C.I. The summed E-state index contributed by atoms with van der Waals surface area (Å²) < 4.78 is 5.29. The lowest BCUT2D eigenvalue weighted by atomic mass is 10.2. The molecule has 1 aromatic rings. The van der Waals surface area contributed by atoms with E-state index in [1.165, 1.54) is 5.56 Å². The third-order valence-corrected chi connectivity index (χ3v) is 2.41. The van der Waals surface area contributed by atoms with E-state index in [1.807, 2.05) is 44.1 Å². The number of nitrogens with one attached hydrogen (secondary N) is 1. The Morgan fingerprint density at radius 2 is 1.95 bits per heavy atom. The maximum absolute atomic E-state index is 5.29. The van der Waals surface area contributed by atoms with Gasteiger partial charge in [-0.05, 0) is 12.5 Å². The number of nitrogens with zero attached hydrogens (tertiary/aromatic N) is 2. The van der Waals surface area contributed by atoms with Gasteiger partial charge in [0.05, 0.1) is 13.2 Å². The monoisotopic (exact) mass is 377 g/mol. The van der Waals surface area contributed by atoms with Crippen molar-refractivity contribution in [1.29, 1.82) is 0 Å². The van der Waals surface area contributed by atoms with Crippen LogP contribution in [0.4, 0.5) is 0 Å². The Balaban J connectivity index is 0.00000324. The van der Waals surface area contributed by atoms with Crippen LogP contribution in [0.3, 0.4) is 0 Å². The summed E-state index contributed by atoms with van der Waals surface area (Å²) >= 11 is 0. The highest BCUT2D eigenvalue weighted by Crippen LogP contribution is 2.00. The topological polar surface area (TPSA) is 36.9 Å². The summed E-state index contributed by atoms with van der Waals surface area (Å²) in [5.41, 5.74) is 1.21. The van der Waals surface area contributed by atoms with Crippen LogP contribution in [0.25, 0.3) is 0 Å². The van der Waals surface area contributed by atoms with E-state index in [0.29, 0.717) is 13.2 Å². The third-order valence-electron chi connectivity index (χ3n) is 2.41. The van der Waals surface area contributed by atoms with Gasteiger partial charge in [-0.25, -0.2) is 4.99 Å². The van der Waals surface area contributed by atoms with Gasteiger partial charge in [0.1, 0.15) is 0 Å². The predicted molar refractivity (Wildman–Crippen MR) is 91.2 cm³/mol. The van der Waals surface area contributed by atoms with Gasteiger partial charge in [-0.3, -0.25) is 0 Å². The van der Waals surface area contributed by atoms with Gasteiger partial charge < -0.3 is 15.0 Å². The first kappa shape index (κ1) is 18.2. The molecule has 0 radical (unpaired) electrons. The van der Waals surface area contributed by atoms with Crippen LogP contribution in [0.5, 0.6) is 0 Å². The second kappa shape index (κ2) is 11.0. The van der Waals surface area contributed by atoms with Crippen LogP contribution < -0.4 is 5.32 Å².